The van der Waals surface area contributed by atoms with Gasteiger partial charge in [0.25, 0.3) is 0 Å². The van der Waals surface area contributed by atoms with Crippen molar-refractivity contribution in [3.05, 3.63) is 33.6 Å². The van der Waals surface area contributed by atoms with Crippen molar-refractivity contribution in [3.63, 3.8) is 0 Å². The summed E-state index contributed by atoms with van der Waals surface area (Å²) < 4.78 is 0. The van der Waals surface area contributed by atoms with E-state index in [9.17, 15) is 4.79 Å². The Kier molecular flexibility index (Phi) is 2.09. The minimum atomic E-state index is -0.0828. The molecule has 0 saturated heterocycles. The van der Waals surface area contributed by atoms with Crippen LogP contribution in [0.1, 0.15) is 20.8 Å². The zero-order valence-electron chi connectivity index (χ0n) is 7.57. The molecule has 0 saturated carbocycles. The fourth-order valence-electron chi connectivity index (χ4n) is 1.20. The third-order valence-electron chi connectivity index (χ3n) is 1.91. The van der Waals surface area contributed by atoms with E-state index in [1.165, 1.54) is 6.20 Å². The molecule has 2 rings (SSSR count). The quantitative estimate of drug-likeness (QED) is 0.734. The number of aryl methyl sites for hydroxylation is 1. The zero-order valence-corrected chi connectivity index (χ0v) is 8.39. The molecular formula is C9H9N3OS. The van der Waals surface area contributed by atoms with Crippen LogP contribution in [0.2, 0.25) is 0 Å². The van der Waals surface area contributed by atoms with Crippen LogP contribution in [-0.2, 0) is 0 Å². The van der Waals surface area contributed by atoms with E-state index >= 15 is 0 Å². The second kappa shape index (κ2) is 3.26. The molecule has 4 nitrogen and oxygen atoms in total. The van der Waals surface area contributed by atoms with Gasteiger partial charge in [0, 0.05) is 15.8 Å². The molecule has 0 aliphatic heterocycles. The van der Waals surface area contributed by atoms with Crippen LogP contribution in [0.4, 0.5) is 5.82 Å². The van der Waals surface area contributed by atoms with Gasteiger partial charge in [0.15, 0.2) is 5.78 Å². The minimum absolute atomic E-state index is 0.0828. The van der Waals surface area contributed by atoms with E-state index in [0.717, 1.165) is 4.88 Å². The molecule has 2 aromatic heterocycles. The van der Waals surface area contributed by atoms with Gasteiger partial charge in [-0.25, -0.2) is 0 Å². The molecule has 0 radical (unpaired) electrons. The number of nitrogen functional groups attached to an aromatic ring is 1. The first kappa shape index (κ1) is 8.96. The number of nitrogens with one attached hydrogen (secondary N) is 1. The lowest BCUT2D eigenvalue weighted by atomic mass is 10.1. The van der Waals surface area contributed by atoms with E-state index in [-0.39, 0.29) is 5.78 Å². The molecule has 3 N–H and O–H groups in total. The molecule has 0 bridgehead atoms. The second-order valence-corrected chi connectivity index (χ2v) is 4.09. The van der Waals surface area contributed by atoms with E-state index in [1.807, 2.05) is 18.4 Å². The molecule has 14 heavy (non-hydrogen) atoms. The highest BCUT2D eigenvalue weighted by atomic mass is 32.1. The lowest BCUT2D eigenvalue weighted by Crippen LogP contribution is -2.01. The van der Waals surface area contributed by atoms with Crippen molar-refractivity contribution in [2.24, 2.45) is 0 Å². The smallest absolute Gasteiger partial charge is 0.199 e. The molecule has 5 heteroatoms. The third kappa shape index (κ3) is 1.42. The monoisotopic (exact) mass is 207 g/mol. The molecule has 0 aromatic carbocycles. The van der Waals surface area contributed by atoms with Gasteiger partial charge < -0.3 is 5.73 Å². The lowest BCUT2D eigenvalue weighted by molar-refractivity contribution is 0.104. The Labute approximate surface area is 84.8 Å². The van der Waals surface area contributed by atoms with Crippen molar-refractivity contribution in [2.45, 2.75) is 6.92 Å². The van der Waals surface area contributed by atoms with Crippen molar-refractivity contribution >= 4 is 22.9 Å². The van der Waals surface area contributed by atoms with Crippen LogP contribution in [0.25, 0.3) is 0 Å². The van der Waals surface area contributed by atoms with Crippen LogP contribution in [-0.4, -0.2) is 16.0 Å². The standard InChI is InChI=1S/C9H9N3OS/c1-5-2-6(4-14-5)8(13)7-3-11-12-9(7)10/h2-4H,1H3,(H3,10,11,12). The van der Waals surface area contributed by atoms with Crippen molar-refractivity contribution < 1.29 is 4.79 Å². The highest BCUT2D eigenvalue weighted by Gasteiger charge is 2.14. The molecule has 0 aliphatic carbocycles. The van der Waals surface area contributed by atoms with E-state index in [4.69, 9.17) is 5.73 Å². The van der Waals surface area contributed by atoms with Gasteiger partial charge in [-0.05, 0) is 13.0 Å². The van der Waals surface area contributed by atoms with E-state index in [1.54, 1.807) is 11.3 Å². The molecule has 0 fully saturated rings. The van der Waals surface area contributed by atoms with Gasteiger partial charge in [0.05, 0.1) is 11.8 Å². The second-order valence-electron chi connectivity index (χ2n) is 2.97. The average Bonchev–Trinajstić information content (AvgIpc) is 2.73. The molecular weight excluding hydrogens is 198 g/mol. The van der Waals surface area contributed by atoms with Crippen LogP contribution in [0, 0.1) is 6.92 Å². The summed E-state index contributed by atoms with van der Waals surface area (Å²) in [5.41, 5.74) is 6.65. The van der Waals surface area contributed by atoms with Crippen molar-refractivity contribution in [2.75, 3.05) is 5.73 Å². The van der Waals surface area contributed by atoms with E-state index < -0.39 is 0 Å². The molecule has 2 aromatic rings. The Bertz CT molecular complexity index is 472. The van der Waals surface area contributed by atoms with Crippen molar-refractivity contribution in [1.29, 1.82) is 0 Å². The maximum Gasteiger partial charge on any atom is 0.199 e. The van der Waals surface area contributed by atoms with Gasteiger partial charge in [0.2, 0.25) is 0 Å². The van der Waals surface area contributed by atoms with Gasteiger partial charge >= 0.3 is 0 Å². The number of carbonyl (C=O) groups is 1. The molecule has 0 spiro atoms. The number of H-pyrrole nitrogens is 1. The highest BCUT2D eigenvalue weighted by molar-refractivity contribution is 7.10. The number of rotatable bonds is 2. The SMILES string of the molecule is Cc1cc(C(=O)c2cn[nH]c2N)cs1. The van der Waals surface area contributed by atoms with Gasteiger partial charge in [-0.15, -0.1) is 11.3 Å². The molecule has 0 unspecified atom stereocenters. The first-order valence-corrected chi connectivity index (χ1v) is 4.95. The topological polar surface area (TPSA) is 71.8 Å². The Morgan fingerprint density at radius 2 is 2.43 bits per heavy atom. The number of aromatic nitrogens is 2. The number of hydrogen-bond donors (Lipinski definition) is 2. The van der Waals surface area contributed by atoms with Crippen LogP contribution < -0.4 is 5.73 Å². The summed E-state index contributed by atoms with van der Waals surface area (Å²) in [5, 5.41) is 8.07. The van der Waals surface area contributed by atoms with Crippen LogP contribution in [0.15, 0.2) is 17.6 Å². The largest absolute Gasteiger partial charge is 0.383 e. The summed E-state index contributed by atoms with van der Waals surface area (Å²) in [5.74, 6) is 0.236. The number of hydrogen-bond acceptors (Lipinski definition) is 4. The first-order valence-electron chi connectivity index (χ1n) is 4.07. The Balaban J connectivity index is 2.38. The highest BCUT2D eigenvalue weighted by Crippen LogP contribution is 2.18. The predicted octanol–water partition coefficient (Wildman–Crippen LogP) is 1.59. The molecule has 72 valence electrons. The maximum absolute atomic E-state index is 11.8. The van der Waals surface area contributed by atoms with Gasteiger partial charge in [-0.3, -0.25) is 9.89 Å². The molecule has 0 atom stereocenters. The number of thiophene rings is 1. The fourth-order valence-corrected chi connectivity index (χ4v) is 1.88. The Hall–Kier alpha value is -1.62. The van der Waals surface area contributed by atoms with Gasteiger partial charge in [-0.2, -0.15) is 5.10 Å². The normalized spacial score (nSPS) is 10.4. The number of nitrogens with two attached hydrogens (primary N) is 1. The number of ketones is 1. The van der Waals surface area contributed by atoms with Crippen LogP contribution >= 0.6 is 11.3 Å². The lowest BCUT2D eigenvalue weighted by Gasteiger charge is -1.94. The summed E-state index contributed by atoms with van der Waals surface area (Å²) in [6, 6.07) is 1.85. The first-order chi connectivity index (χ1) is 6.68. The summed E-state index contributed by atoms with van der Waals surface area (Å²) in [7, 11) is 0. The average molecular weight is 207 g/mol. The van der Waals surface area contributed by atoms with Crippen LogP contribution in [0.5, 0.6) is 0 Å². The maximum atomic E-state index is 11.8. The summed E-state index contributed by atoms with van der Waals surface area (Å²) in [6.07, 6.45) is 1.45. The van der Waals surface area contributed by atoms with Crippen LogP contribution in [0.3, 0.4) is 0 Å². The molecule has 2 heterocycles. The van der Waals surface area contributed by atoms with Gasteiger partial charge in [-0.1, -0.05) is 0 Å². The number of nitrogens with zero attached hydrogens (tertiary/aromatic N) is 1. The van der Waals surface area contributed by atoms with Crippen molar-refractivity contribution in [3.8, 4) is 0 Å². The summed E-state index contributed by atoms with van der Waals surface area (Å²) >= 11 is 1.54. The molecule has 0 amide bonds. The van der Waals surface area contributed by atoms with E-state index in [0.29, 0.717) is 16.9 Å². The van der Waals surface area contributed by atoms with Crippen molar-refractivity contribution in [1.82, 2.24) is 10.2 Å². The number of carbonyl (C=O) groups excluding carboxylic acids is 1. The molecule has 0 aliphatic rings. The van der Waals surface area contributed by atoms with E-state index in [2.05, 4.69) is 10.2 Å². The summed E-state index contributed by atoms with van der Waals surface area (Å²) in [6.45, 7) is 1.96. The fraction of sp³-hybridized carbons (Fsp3) is 0.111. The third-order valence-corrected chi connectivity index (χ3v) is 2.77. The zero-order chi connectivity index (χ0) is 10.1. The number of aromatic amines is 1. The summed E-state index contributed by atoms with van der Waals surface area (Å²) in [4.78, 5) is 12.9. The Morgan fingerprint density at radius 3 is 2.93 bits per heavy atom. The predicted molar refractivity (Wildman–Crippen MR) is 55.5 cm³/mol. The Morgan fingerprint density at radius 1 is 1.64 bits per heavy atom. The minimum Gasteiger partial charge on any atom is -0.383 e. The number of anilines is 1. The van der Waals surface area contributed by atoms with Gasteiger partial charge in [0.1, 0.15) is 5.82 Å².